The third-order valence-corrected chi connectivity index (χ3v) is 2.75. The van der Waals surface area contributed by atoms with E-state index >= 15 is 0 Å². The average Bonchev–Trinajstić information content (AvgIpc) is 2.47. The second-order valence-electron chi connectivity index (χ2n) is 3.54. The van der Waals surface area contributed by atoms with E-state index in [9.17, 15) is 9.18 Å². The first-order chi connectivity index (χ1) is 6.55. The molecule has 1 aliphatic carbocycles. The van der Waals surface area contributed by atoms with Crippen LogP contribution in [0.5, 0.6) is 0 Å². The number of benzene rings is 1. The number of carbonyl (C=O) groups is 1. The number of hydrogen-bond donors (Lipinski definition) is 2. The highest BCUT2D eigenvalue weighted by molar-refractivity contribution is 5.82. The Hall–Kier alpha value is -1.42. The lowest BCUT2D eigenvalue weighted by atomic mass is 9.93. The molecule has 0 radical (unpaired) electrons. The lowest BCUT2D eigenvalue weighted by Gasteiger charge is -2.19. The summed E-state index contributed by atoms with van der Waals surface area (Å²) in [6, 6.07) is 4.40. The second kappa shape index (κ2) is 2.78. The lowest BCUT2D eigenvalue weighted by molar-refractivity contribution is -0.143. The molecule has 0 saturated carbocycles. The summed E-state index contributed by atoms with van der Waals surface area (Å²) in [5, 5.41) is 8.96. The summed E-state index contributed by atoms with van der Waals surface area (Å²) in [5.74, 6) is -1.46. The standard InChI is InChI=1S/C10H10FNO2/c11-8-3-1-2-7-6(8)4-5-10(7,12)9(13)14/h1-3H,4-5,12H2,(H,13,14)/t10-/m1/s1. The lowest BCUT2D eigenvalue weighted by Crippen LogP contribution is -2.42. The first-order valence-corrected chi connectivity index (χ1v) is 4.36. The molecular weight excluding hydrogens is 185 g/mol. The van der Waals surface area contributed by atoms with Crippen LogP contribution in [0, 0.1) is 5.82 Å². The van der Waals surface area contributed by atoms with Gasteiger partial charge in [0.1, 0.15) is 11.4 Å². The Balaban J connectivity index is 2.60. The largest absolute Gasteiger partial charge is 0.480 e. The summed E-state index contributed by atoms with van der Waals surface area (Å²) in [6.45, 7) is 0. The fraction of sp³-hybridized carbons (Fsp3) is 0.300. The molecular formula is C10H10FNO2. The molecule has 3 nitrogen and oxygen atoms in total. The van der Waals surface area contributed by atoms with Crippen molar-refractivity contribution >= 4 is 5.97 Å². The third kappa shape index (κ3) is 1.04. The Morgan fingerprint density at radius 1 is 1.57 bits per heavy atom. The molecule has 0 spiro atoms. The van der Waals surface area contributed by atoms with Crippen LogP contribution in [-0.2, 0) is 16.8 Å². The van der Waals surface area contributed by atoms with Gasteiger partial charge in [-0.3, -0.25) is 0 Å². The summed E-state index contributed by atoms with van der Waals surface area (Å²) in [6.07, 6.45) is 0.656. The summed E-state index contributed by atoms with van der Waals surface area (Å²) >= 11 is 0. The zero-order chi connectivity index (χ0) is 10.3. The van der Waals surface area contributed by atoms with Gasteiger partial charge in [-0.2, -0.15) is 0 Å². The van der Waals surface area contributed by atoms with Crippen molar-refractivity contribution in [1.82, 2.24) is 0 Å². The van der Waals surface area contributed by atoms with Gasteiger partial charge in [-0.25, -0.2) is 9.18 Å². The Bertz CT molecular complexity index is 405. The molecule has 2 rings (SSSR count). The van der Waals surface area contributed by atoms with Crippen LogP contribution >= 0.6 is 0 Å². The quantitative estimate of drug-likeness (QED) is 0.703. The molecule has 0 bridgehead atoms. The number of hydrogen-bond acceptors (Lipinski definition) is 2. The number of fused-ring (bicyclic) bond motifs is 1. The van der Waals surface area contributed by atoms with Crippen molar-refractivity contribution in [2.75, 3.05) is 0 Å². The van der Waals surface area contributed by atoms with Crippen LogP contribution in [0.4, 0.5) is 4.39 Å². The molecule has 0 saturated heterocycles. The molecule has 0 fully saturated rings. The van der Waals surface area contributed by atoms with Gasteiger partial charge in [0.25, 0.3) is 0 Å². The molecule has 1 atom stereocenters. The highest BCUT2D eigenvalue weighted by Gasteiger charge is 2.42. The Labute approximate surface area is 80.3 Å². The van der Waals surface area contributed by atoms with E-state index in [2.05, 4.69) is 0 Å². The van der Waals surface area contributed by atoms with Crippen LogP contribution in [0.15, 0.2) is 18.2 Å². The molecule has 1 aromatic rings. The van der Waals surface area contributed by atoms with Crippen LogP contribution in [0.25, 0.3) is 0 Å². The van der Waals surface area contributed by atoms with E-state index < -0.39 is 11.5 Å². The van der Waals surface area contributed by atoms with Gasteiger partial charge in [-0.1, -0.05) is 12.1 Å². The molecule has 74 valence electrons. The molecule has 0 unspecified atom stereocenters. The van der Waals surface area contributed by atoms with Crippen molar-refractivity contribution < 1.29 is 14.3 Å². The molecule has 14 heavy (non-hydrogen) atoms. The maximum absolute atomic E-state index is 13.2. The van der Waals surface area contributed by atoms with Crippen LogP contribution in [0.3, 0.4) is 0 Å². The van der Waals surface area contributed by atoms with Gasteiger partial charge in [0.05, 0.1) is 0 Å². The normalized spacial score (nSPS) is 24.7. The van der Waals surface area contributed by atoms with Crippen molar-refractivity contribution in [1.29, 1.82) is 0 Å². The van der Waals surface area contributed by atoms with E-state index in [0.717, 1.165) is 0 Å². The first kappa shape index (κ1) is 9.15. The fourth-order valence-corrected chi connectivity index (χ4v) is 1.91. The van der Waals surface area contributed by atoms with E-state index in [1.54, 1.807) is 6.07 Å². The monoisotopic (exact) mass is 195 g/mol. The average molecular weight is 195 g/mol. The molecule has 1 aromatic carbocycles. The highest BCUT2D eigenvalue weighted by Crippen LogP contribution is 2.36. The van der Waals surface area contributed by atoms with Gasteiger partial charge in [-0.05, 0) is 30.0 Å². The van der Waals surface area contributed by atoms with Gasteiger partial charge in [0.2, 0.25) is 0 Å². The molecule has 4 heteroatoms. The van der Waals surface area contributed by atoms with Crippen molar-refractivity contribution in [3.05, 3.63) is 35.1 Å². The van der Waals surface area contributed by atoms with Crippen molar-refractivity contribution in [2.24, 2.45) is 5.73 Å². The van der Waals surface area contributed by atoms with Gasteiger partial charge in [0, 0.05) is 0 Å². The Morgan fingerprint density at radius 2 is 2.29 bits per heavy atom. The van der Waals surface area contributed by atoms with Crippen molar-refractivity contribution in [2.45, 2.75) is 18.4 Å². The summed E-state index contributed by atoms with van der Waals surface area (Å²) in [7, 11) is 0. The molecule has 0 amide bonds. The molecule has 1 aliphatic rings. The van der Waals surface area contributed by atoms with Crippen LogP contribution in [-0.4, -0.2) is 11.1 Å². The topological polar surface area (TPSA) is 63.3 Å². The molecule has 3 N–H and O–H groups in total. The van der Waals surface area contributed by atoms with E-state index in [-0.39, 0.29) is 12.2 Å². The van der Waals surface area contributed by atoms with E-state index in [4.69, 9.17) is 10.8 Å². The maximum Gasteiger partial charge on any atom is 0.328 e. The number of rotatable bonds is 1. The minimum absolute atomic E-state index is 0.262. The van der Waals surface area contributed by atoms with Gasteiger partial charge >= 0.3 is 5.97 Å². The minimum atomic E-state index is -1.41. The van der Waals surface area contributed by atoms with E-state index in [0.29, 0.717) is 17.5 Å². The van der Waals surface area contributed by atoms with Gasteiger partial charge in [0.15, 0.2) is 0 Å². The van der Waals surface area contributed by atoms with E-state index in [1.165, 1.54) is 12.1 Å². The van der Waals surface area contributed by atoms with Crippen LogP contribution < -0.4 is 5.73 Å². The number of halogens is 1. The van der Waals surface area contributed by atoms with Crippen LogP contribution in [0.1, 0.15) is 17.5 Å². The number of nitrogens with two attached hydrogens (primary N) is 1. The highest BCUT2D eigenvalue weighted by atomic mass is 19.1. The molecule has 0 heterocycles. The predicted molar refractivity (Wildman–Crippen MR) is 48.2 cm³/mol. The second-order valence-corrected chi connectivity index (χ2v) is 3.54. The third-order valence-electron chi connectivity index (χ3n) is 2.75. The van der Waals surface area contributed by atoms with Crippen LogP contribution in [0.2, 0.25) is 0 Å². The SMILES string of the molecule is N[C@]1(C(=O)O)CCc2c(F)cccc21. The van der Waals surface area contributed by atoms with Gasteiger partial charge in [-0.15, -0.1) is 0 Å². The zero-order valence-electron chi connectivity index (χ0n) is 7.46. The summed E-state index contributed by atoms with van der Waals surface area (Å²) < 4.78 is 13.2. The fourth-order valence-electron chi connectivity index (χ4n) is 1.91. The number of aliphatic carboxylic acids is 1. The molecule has 0 aromatic heterocycles. The molecule has 0 aliphatic heterocycles. The van der Waals surface area contributed by atoms with Gasteiger partial charge < -0.3 is 10.8 Å². The predicted octanol–water partition coefficient (Wildman–Crippen LogP) is 1.01. The smallest absolute Gasteiger partial charge is 0.328 e. The van der Waals surface area contributed by atoms with Crippen molar-refractivity contribution in [3.8, 4) is 0 Å². The van der Waals surface area contributed by atoms with Crippen molar-refractivity contribution in [3.63, 3.8) is 0 Å². The minimum Gasteiger partial charge on any atom is -0.480 e. The Kier molecular flexibility index (Phi) is 1.82. The zero-order valence-corrected chi connectivity index (χ0v) is 7.46. The number of carboxylic acid groups (broad SMARTS) is 1. The summed E-state index contributed by atoms with van der Waals surface area (Å²) in [4.78, 5) is 10.9. The maximum atomic E-state index is 13.2. The number of carboxylic acids is 1. The van der Waals surface area contributed by atoms with E-state index in [1.807, 2.05) is 0 Å². The first-order valence-electron chi connectivity index (χ1n) is 4.36. The Morgan fingerprint density at radius 3 is 2.93 bits per heavy atom. The summed E-state index contributed by atoms with van der Waals surface area (Å²) in [5.41, 5.74) is 5.16.